The fourth-order valence-electron chi connectivity index (χ4n) is 2.02. The van der Waals surface area contributed by atoms with Crippen molar-refractivity contribution < 1.29 is 9.90 Å². The molecule has 0 radical (unpaired) electrons. The zero-order valence-electron chi connectivity index (χ0n) is 11.2. The molecule has 1 aromatic carbocycles. The van der Waals surface area contributed by atoms with E-state index in [2.05, 4.69) is 21.2 Å². The Balaban J connectivity index is 1.84. The van der Waals surface area contributed by atoms with Gasteiger partial charge in [0.2, 0.25) is 0 Å². The molecule has 106 valence electrons. The van der Waals surface area contributed by atoms with Crippen LogP contribution in [-0.4, -0.2) is 22.1 Å². The predicted octanol–water partition coefficient (Wildman–Crippen LogP) is 2.64. The standard InChI is InChI=1S/C15H17BrN2O2/c1-18-9-3-6-13(18)14(19)7-8-17-15(20)11-4-2-5-12(16)10-11/h2-6,9-10,14,19H,7-8H2,1H3,(H,17,20). The van der Waals surface area contributed by atoms with Crippen LogP contribution in [0.1, 0.15) is 28.6 Å². The lowest BCUT2D eigenvalue weighted by Crippen LogP contribution is -2.25. The average molecular weight is 337 g/mol. The lowest BCUT2D eigenvalue weighted by atomic mass is 10.1. The van der Waals surface area contributed by atoms with Gasteiger partial charge in [-0.15, -0.1) is 0 Å². The van der Waals surface area contributed by atoms with Gasteiger partial charge in [-0.1, -0.05) is 22.0 Å². The van der Waals surface area contributed by atoms with Crippen molar-refractivity contribution in [2.45, 2.75) is 12.5 Å². The fraction of sp³-hybridized carbons (Fsp3) is 0.267. The molecular formula is C15H17BrN2O2. The van der Waals surface area contributed by atoms with Crippen molar-refractivity contribution in [3.05, 3.63) is 58.3 Å². The number of rotatable bonds is 5. The van der Waals surface area contributed by atoms with Crippen molar-refractivity contribution in [1.29, 1.82) is 0 Å². The van der Waals surface area contributed by atoms with Crippen molar-refractivity contribution in [1.82, 2.24) is 9.88 Å². The van der Waals surface area contributed by atoms with E-state index >= 15 is 0 Å². The van der Waals surface area contributed by atoms with E-state index in [0.29, 0.717) is 18.5 Å². The number of nitrogens with one attached hydrogen (secondary N) is 1. The first-order valence-corrected chi connectivity index (χ1v) is 7.20. The highest BCUT2D eigenvalue weighted by atomic mass is 79.9. The molecule has 2 rings (SSSR count). The zero-order valence-corrected chi connectivity index (χ0v) is 12.8. The number of carbonyl (C=O) groups is 1. The van der Waals surface area contributed by atoms with Gasteiger partial charge in [0, 0.05) is 35.5 Å². The normalized spacial score (nSPS) is 12.2. The number of halogens is 1. The second-order valence-electron chi connectivity index (χ2n) is 4.61. The van der Waals surface area contributed by atoms with Gasteiger partial charge in [0.25, 0.3) is 5.91 Å². The van der Waals surface area contributed by atoms with Crippen molar-refractivity contribution in [3.8, 4) is 0 Å². The largest absolute Gasteiger partial charge is 0.387 e. The average Bonchev–Trinajstić information content (AvgIpc) is 2.85. The Hall–Kier alpha value is -1.59. The number of aliphatic hydroxyl groups excluding tert-OH is 1. The van der Waals surface area contributed by atoms with Crippen molar-refractivity contribution >= 4 is 21.8 Å². The Morgan fingerprint density at radius 2 is 2.20 bits per heavy atom. The first-order chi connectivity index (χ1) is 9.58. The topological polar surface area (TPSA) is 54.3 Å². The van der Waals surface area contributed by atoms with Gasteiger partial charge in [-0.25, -0.2) is 0 Å². The highest BCUT2D eigenvalue weighted by Crippen LogP contribution is 2.16. The van der Waals surface area contributed by atoms with E-state index in [1.54, 1.807) is 12.1 Å². The Morgan fingerprint density at radius 3 is 2.85 bits per heavy atom. The van der Waals surface area contributed by atoms with E-state index < -0.39 is 6.10 Å². The minimum absolute atomic E-state index is 0.134. The molecule has 0 fully saturated rings. The number of hydrogen-bond acceptors (Lipinski definition) is 2. The van der Waals surface area contributed by atoms with E-state index in [9.17, 15) is 9.90 Å². The third kappa shape index (κ3) is 3.71. The summed E-state index contributed by atoms with van der Waals surface area (Å²) in [5.41, 5.74) is 1.45. The predicted molar refractivity (Wildman–Crippen MR) is 81.5 cm³/mol. The van der Waals surface area contributed by atoms with Gasteiger partial charge in [0.1, 0.15) is 0 Å². The van der Waals surface area contributed by atoms with Gasteiger partial charge in [0.15, 0.2) is 0 Å². The monoisotopic (exact) mass is 336 g/mol. The van der Waals surface area contributed by atoms with Crippen LogP contribution in [0.5, 0.6) is 0 Å². The smallest absolute Gasteiger partial charge is 0.251 e. The molecule has 0 aliphatic carbocycles. The summed E-state index contributed by atoms with van der Waals surface area (Å²) >= 11 is 3.33. The number of aryl methyl sites for hydroxylation is 1. The molecule has 0 spiro atoms. The lowest BCUT2D eigenvalue weighted by Gasteiger charge is -2.12. The third-order valence-corrected chi connectivity index (χ3v) is 3.61. The summed E-state index contributed by atoms with van der Waals surface area (Å²) < 4.78 is 2.75. The Labute approximate surface area is 126 Å². The molecule has 2 aromatic rings. The summed E-state index contributed by atoms with van der Waals surface area (Å²) in [6, 6.07) is 11.0. The molecule has 0 saturated heterocycles. The van der Waals surface area contributed by atoms with Gasteiger partial charge >= 0.3 is 0 Å². The molecule has 1 heterocycles. The Kier molecular flexibility index (Phi) is 4.98. The van der Waals surface area contributed by atoms with E-state index in [4.69, 9.17) is 0 Å². The van der Waals surface area contributed by atoms with Gasteiger partial charge < -0.3 is 15.0 Å². The maximum atomic E-state index is 11.9. The highest BCUT2D eigenvalue weighted by Gasteiger charge is 2.11. The van der Waals surface area contributed by atoms with Crippen LogP contribution in [-0.2, 0) is 7.05 Å². The van der Waals surface area contributed by atoms with Gasteiger partial charge in [-0.05, 0) is 36.8 Å². The van der Waals surface area contributed by atoms with Crippen LogP contribution in [0.4, 0.5) is 0 Å². The van der Waals surface area contributed by atoms with Gasteiger partial charge in [0.05, 0.1) is 6.10 Å². The quantitative estimate of drug-likeness (QED) is 0.881. The van der Waals surface area contributed by atoms with Crippen LogP contribution in [0.2, 0.25) is 0 Å². The van der Waals surface area contributed by atoms with Crippen LogP contribution in [0, 0.1) is 0 Å². The van der Waals surface area contributed by atoms with Crippen LogP contribution in [0.3, 0.4) is 0 Å². The fourth-order valence-corrected chi connectivity index (χ4v) is 2.42. The number of carbonyl (C=O) groups excluding carboxylic acids is 1. The first kappa shape index (κ1) is 14.8. The summed E-state index contributed by atoms with van der Waals surface area (Å²) in [5.74, 6) is -0.134. The van der Waals surface area contributed by atoms with E-state index in [1.807, 2.05) is 42.1 Å². The molecule has 4 nitrogen and oxygen atoms in total. The molecule has 0 aliphatic rings. The molecule has 1 amide bonds. The minimum atomic E-state index is -0.571. The van der Waals surface area contributed by atoms with Crippen LogP contribution in [0.15, 0.2) is 47.1 Å². The van der Waals surface area contributed by atoms with Gasteiger partial charge in [-0.2, -0.15) is 0 Å². The molecule has 5 heteroatoms. The second-order valence-corrected chi connectivity index (χ2v) is 5.53. The molecule has 1 atom stereocenters. The molecular weight excluding hydrogens is 320 g/mol. The highest BCUT2D eigenvalue weighted by molar-refractivity contribution is 9.10. The van der Waals surface area contributed by atoms with E-state index in [-0.39, 0.29) is 5.91 Å². The van der Waals surface area contributed by atoms with Crippen molar-refractivity contribution in [3.63, 3.8) is 0 Å². The molecule has 0 saturated carbocycles. The summed E-state index contributed by atoms with van der Waals surface area (Å²) in [6.07, 6.45) is 1.80. The van der Waals surface area contributed by atoms with Crippen LogP contribution < -0.4 is 5.32 Å². The molecule has 0 aliphatic heterocycles. The first-order valence-electron chi connectivity index (χ1n) is 6.41. The number of amides is 1. The lowest BCUT2D eigenvalue weighted by molar-refractivity contribution is 0.0941. The van der Waals surface area contributed by atoms with Crippen LogP contribution >= 0.6 is 15.9 Å². The summed E-state index contributed by atoms with van der Waals surface area (Å²) in [6.45, 7) is 0.428. The maximum Gasteiger partial charge on any atom is 0.251 e. The molecule has 20 heavy (non-hydrogen) atoms. The number of benzene rings is 1. The maximum absolute atomic E-state index is 11.9. The number of aromatic nitrogens is 1. The van der Waals surface area contributed by atoms with E-state index in [1.165, 1.54) is 0 Å². The summed E-state index contributed by atoms with van der Waals surface area (Å²) in [7, 11) is 1.89. The summed E-state index contributed by atoms with van der Waals surface area (Å²) in [5, 5.41) is 12.8. The van der Waals surface area contributed by atoms with E-state index in [0.717, 1.165) is 10.2 Å². The number of hydrogen-bond donors (Lipinski definition) is 2. The molecule has 1 unspecified atom stereocenters. The number of nitrogens with zero attached hydrogens (tertiary/aromatic N) is 1. The SMILES string of the molecule is Cn1cccc1C(O)CCNC(=O)c1cccc(Br)c1. The van der Waals surface area contributed by atoms with Crippen molar-refractivity contribution in [2.75, 3.05) is 6.54 Å². The summed E-state index contributed by atoms with van der Waals surface area (Å²) in [4.78, 5) is 11.9. The number of aliphatic hydroxyl groups is 1. The molecule has 2 N–H and O–H groups in total. The Bertz CT molecular complexity index is 595. The Morgan fingerprint density at radius 1 is 1.40 bits per heavy atom. The van der Waals surface area contributed by atoms with Crippen molar-refractivity contribution in [2.24, 2.45) is 7.05 Å². The third-order valence-electron chi connectivity index (χ3n) is 3.12. The second kappa shape index (κ2) is 6.72. The molecule has 0 bridgehead atoms. The zero-order chi connectivity index (χ0) is 14.5. The van der Waals surface area contributed by atoms with Gasteiger partial charge in [-0.3, -0.25) is 4.79 Å². The minimum Gasteiger partial charge on any atom is -0.387 e. The van der Waals surface area contributed by atoms with Crippen LogP contribution in [0.25, 0.3) is 0 Å². The molecule has 1 aromatic heterocycles.